The third-order valence-corrected chi connectivity index (χ3v) is 7.61. The number of benzene rings is 3. The van der Waals surface area contributed by atoms with Gasteiger partial charge in [0, 0.05) is 49.8 Å². The van der Waals surface area contributed by atoms with Crippen molar-refractivity contribution in [1.82, 2.24) is 9.91 Å². The molecular formula is C31H35FN4O5. The molecule has 3 aromatic rings. The predicted molar refractivity (Wildman–Crippen MR) is 155 cm³/mol. The number of nitrogens with zero attached hydrogens (tertiary/aromatic N) is 4. The molecule has 10 heteroatoms. The number of methoxy groups -OCH3 is 4. The van der Waals surface area contributed by atoms with Crippen LogP contribution in [0.25, 0.3) is 0 Å². The van der Waals surface area contributed by atoms with E-state index in [1.165, 1.54) is 6.07 Å². The van der Waals surface area contributed by atoms with Gasteiger partial charge in [-0.3, -0.25) is 9.69 Å². The van der Waals surface area contributed by atoms with Crippen LogP contribution in [0, 0.1) is 5.82 Å². The van der Waals surface area contributed by atoms with Crippen molar-refractivity contribution in [1.29, 1.82) is 0 Å². The molecule has 2 aliphatic heterocycles. The zero-order valence-electron chi connectivity index (χ0n) is 23.8. The quantitative estimate of drug-likeness (QED) is 0.384. The van der Waals surface area contributed by atoms with E-state index in [-0.39, 0.29) is 18.3 Å². The molecule has 0 bridgehead atoms. The molecular weight excluding hydrogens is 527 g/mol. The Morgan fingerprint density at radius 1 is 0.854 bits per heavy atom. The number of hydrogen-bond acceptors (Lipinski definition) is 8. The lowest BCUT2D eigenvalue weighted by molar-refractivity contribution is -0.134. The van der Waals surface area contributed by atoms with Crippen LogP contribution in [-0.4, -0.2) is 82.7 Å². The summed E-state index contributed by atoms with van der Waals surface area (Å²) in [6, 6.07) is 17.5. The van der Waals surface area contributed by atoms with Crippen LogP contribution in [-0.2, 0) is 4.79 Å². The van der Waals surface area contributed by atoms with E-state index >= 15 is 0 Å². The Labute approximate surface area is 239 Å². The lowest BCUT2D eigenvalue weighted by Crippen LogP contribution is -2.49. The first kappa shape index (κ1) is 28.2. The fourth-order valence-corrected chi connectivity index (χ4v) is 5.40. The van der Waals surface area contributed by atoms with Gasteiger partial charge in [0.05, 0.1) is 52.4 Å². The van der Waals surface area contributed by atoms with Crippen molar-refractivity contribution in [2.75, 3.05) is 66.1 Å². The number of ether oxygens (including phenoxy) is 4. The van der Waals surface area contributed by atoms with Crippen molar-refractivity contribution >= 4 is 17.3 Å². The van der Waals surface area contributed by atoms with Crippen molar-refractivity contribution in [3.63, 3.8) is 0 Å². The van der Waals surface area contributed by atoms with Gasteiger partial charge < -0.3 is 23.8 Å². The summed E-state index contributed by atoms with van der Waals surface area (Å²) in [6.45, 7) is 2.69. The van der Waals surface area contributed by atoms with E-state index in [0.29, 0.717) is 61.3 Å². The lowest BCUT2D eigenvalue weighted by atomic mass is 9.96. The Balaban J connectivity index is 1.41. The molecule has 1 unspecified atom stereocenters. The predicted octanol–water partition coefficient (Wildman–Crippen LogP) is 4.36. The second kappa shape index (κ2) is 12.5. The third-order valence-electron chi connectivity index (χ3n) is 7.61. The number of hydrogen-bond donors (Lipinski definition) is 0. The molecule has 1 atom stereocenters. The molecule has 41 heavy (non-hydrogen) atoms. The van der Waals surface area contributed by atoms with Gasteiger partial charge in [-0.05, 0) is 42.5 Å². The van der Waals surface area contributed by atoms with Crippen molar-refractivity contribution in [2.24, 2.45) is 5.10 Å². The Kier molecular flexibility index (Phi) is 8.58. The maximum atomic E-state index is 14.3. The van der Waals surface area contributed by atoms with Crippen LogP contribution in [0.5, 0.6) is 23.0 Å². The Morgan fingerprint density at radius 2 is 1.54 bits per heavy atom. The first-order valence-corrected chi connectivity index (χ1v) is 13.5. The molecule has 3 aromatic carbocycles. The van der Waals surface area contributed by atoms with Crippen LogP contribution in [0.15, 0.2) is 65.8 Å². The number of anilines is 1. The fraction of sp³-hybridized carbons (Fsp3) is 0.355. The summed E-state index contributed by atoms with van der Waals surface area (Å²) in [5.41, 5.74) is 2.90. The van der Waals surface area contributed by atoms with E-state index < -0.39 is 6.04 Å². The van der Waals surface area contributed by atoms with E-state index in [1.807, 2.05) is 41.3 Å². The monoisotopic (exact) mass is 562 g/mol. The second-order valence-corrected chi connectivity index (χ2v) is 9.89. The minimum absolute atomic E-state index is 0.137. The molecule has 0 aromatic heterocycles. The highest BCUT2D eigenvalue weighted by molar-refractivity contribution is 6.05. The van der Waals surface area contributed by atoms with Gasteiger partial charge in [0.1, 0.15) is 28.8 Å². The molecule has 0 saturated carbocycles. The van der Waals surface area contributed by atoms with Crippen LogP contribution in [0.3, 0.4) is 0 Å². The molecule has 0 aliphatic carbocycles. The maximum Gasteiger partial charge on any atom is 0.257 e. The Bertz CT molecular complexity index is 1420. The van der Waals surface area contributed by atoms with Gasteiger partial charge in [0.25, 0.3) is 5.91 Å². The smallest absolute Gasteiger partial charge is 0.257 e. The summed E-state index contributed by atoms with van der Waals surface area (Å²) in [5.74, 6) is 2.20. The first-order chi connectivity index (χ1) is 19.9. The van der Waals surface area contributed by atoms with E-state index in [2.05, 4.69) is 4.90 Å². The topological polar surface area (TPSA) is 76.1 Å². The van der Waals surface area contributed by atoms with E-state index in [0.717, 1.165) is 16.8 Å². The number of piperazine rings is 1. The lowest BCUT2D eigenvalue weighted by Gasteiger charge is -2.36. The highest BCUT2D eigenvalue weighted by Crippen LogP contribution is 2.41. The third kappa shape index (κ3) is 5.92. The average Bonchev–Trinajstić information content (AvgIpc) is 3.46. The SMILES string of the molecule is COc1ccc(C2=NN(C(=O)CN3CCN(c4ccccc4F)CC3)C(c3cc(OC)ccc3OC)C2)c(OC)c1. The molecule has 1 saturated heterocycles. The molecule has 1 amide bonds. The fourth-order valence-electron chi connectivity index (χ4n) is 5.40. The van der Waals surface area contributed by atoms with Crippen LogP contribution in [0.4, 0.5) is 10.1 Å². The van der Waals surface area contributed by atoms with Gasteiger partial charge >= 0.3 is 0 Å². The van der Waals surface area contributed by atoms with Crippen molar-refractivity contribution in [3.8, 4) is 23.0 Å². The second-order valence-electron chi connectivity index (χ2n) is 9.89. The van der Waals surface area contributed by atoms with E-state index in [1.54, 1.807) is 51.6 Å². The number of para-hydroxylation sites is 1. The summed E-state index contributed by atoms with van der Waals surface area (Å²) in [5, 5.41) is 6.40. The summed E-state index contributed by atoms with van der Waals surface area (Å²) >= 11 is 0. The van der Waals surface area contributed by atoms with Crippen LogP contribution >= 0.6 is 0 Å². The maximum absolute atomic E-state index is 14.3. The molecule has 2 heterocycles. The van der Waals surface area contributed by atoms with Gasteiger partial charge in [-0.2, -0.15) is 5.10 Å². The number of carbonyl (C=O) groups is 1. The summed E-state index contributed by atoms with van der Waals surface area (Å²) in [4.78, 5) is 18.0. The molecule has 5 rings (SSSR count). The molecule has 216 valence electrons. The van der Waals surface area contributed by atoms with Crippen molar-refractivity contribution in [3.05, 3.63) is 77.6 Å². The van der Waals surface area contributed by atoms with Gasteiger partial charge in [0.15, 0.2) is 0 Å². The molecule has 0 spiro atoms. The number of halogens is 1. The number of rotatable bonds is 9. The largest absolute Gasteiger partial charge is 0.497 e. The number of hydrazone groups is 1. The van der Waals surface area contributed by atoms with Crippen LogP contribution in [0.2, 0.25) is 0 Å². The Morgan fingerprint density at radius 3 is 2.22 bits per heavy atom. The standard InChI is InChI=1S/C31H35FN4O5/c1-38-21-10-12-29(40-3)24(17-21)28-19-26(23-11-9-22(39-2)18-30(23)41-4)33-36(28)31(37)20-34-13-15-35(16-14-34)27-8-6-5-7-25(27)32/h5-12,17-18,28H,13-16,19-20H2,1-4H3. The van der Waals surface area contributed by atoms with E-state index in [9.17, 15) is 9.18 Å². The minimum Gasteiger partial charge on any atom is -0.497 e. The zero-order valence-corrected chi connectivity index (χ0v) is 23.8. The highest BCUT2D eigenvalue weighted by atomic mass is 19.1. The van der Waals surface area contributed by atoms with Crippen LogP contribution < -0.4 is 23.8 Å². The van der Waals surface area contributed by atoms with Gasteiger partial charge in [-0.15, -0.1) is 0 Å². The summed E-state index contributed by atoms with van der Waals surface area (Å²) in [6.07, 6.45) is 0.457. The first-order valence-electron chi connectivity index (χ1n) is 13.5. The van der Waals surface area contributed by atoms with Gasteiger partial charge in [-0.25, -0.2) is 9.40 Å². The number of amides is 1. The molecule has 0 N–H and O–H groups in total. The summed E-state index contributed by atoms with van der Waals surface area (Å²) in [7, 11) is 6.41. The molecule has 1 fully saturated rings. The minimum atomic E-state index is -0.408. The molecule has 0 radical (unpaired) electrons. The normalized spacial score (nSPS) is 17.3. The summed E-state index contributed by atoms with van der Waals surface area (Å²) < 4.78 is 36.5. The van der Waals surface area contributed by atoms with Gasteiger partial charge in [-0.1, -0.05) is 12.1 Å². The Hall–Kier alpha value is -4.31. The van der Waals surface area contributed by atoms with Crippen molar-refractivity contribution < 1.29 is 28.1 Å². The molecule has 2 aliphatic rings. The van der Waals surface area contributed by atoms with Crippen molar-refractivity contribution in [2.45, 2.75) is 12.5 Å². The zero-order chi connectivity index (χ0) is 28.9. The van der Waals surface area contributed by atoms with Crippen LogP contribution in [0.1, 0.15) is 23.6 Å². The van der Waals surface area contributed by atoms with E-state index in [4.69, 9.17) is 24.0 Å². The highest BCUT2D eigenvalue weighted by Gasteiger charge is 2.37. The average molecular weight is 563 g/mol. The van der Waals surface area contributed by atoms with Gasteiger partial charge in [0.2, 0.25) is 0 Å². The molecule has 9 nitrogen and oxygen atoms in total. The number of carbonyl (C=O) groups excluding carboxylic acids is 1.